The average Bonchev–Trinajstić information content (AvgIpc) is 3.26. The highest BCUT2D eigenvalue weighted by Crippen LogP contribution is 2.30. The van der Waals surface area contributed by atoms with E-state index in [0.717, 1.165) is 16.3 Å². The minimum atomic E-state index is -0.307. The van der Waals surface area contributed by atoms with Crippen LogP contribution in [0, 0.1) is 5.82 Å². The maximum atomic E-state index is 13.1. The summed E-state index contributed by atoms with van der Waals surface area (Å²) in [4.78, 5) is 31.5. The molecule has 0 spiro atoms. The summed E-state index contributed by atoms with van der Waals surface area (Å²) in [7, 11) is 0. The van der Waals surface area contributed by atoms with E-state index in [1.807, 2.05) is 24.3 Å². The van der Waals surface area contributed by atoms with Gasteiger partial charge in [0.05, 0.1) is 0 Å². The molecule has 0 bridgehead atoms. The molecule has 6 nitrogen and oxygen atoms in total. The van der Waals surface area contributed by atoms with Crippen molar-refractivity contribution in [3.8, 4) is 11.4 Å². The molecule has 1 aliphatic heterocycles. The van der Waals surface area contributed by atoms with Gasteiger partial charge in [-0.25, -0.2) is 9.37 Å². The van der Waals surface area contributed by atoms with Gasteiger partial charge in [0.15, 0.2) is 5.82 Å². The summed E-state index contributed by atoms with van der Waals surface area (Å²) in [5.41, 5.74) is 1.88. The number of benzene rings is 3. The Kier molecular flexibility index (Phi) is 4.99. The molecular formula is C23H17FN4O2S. The van der Waals surface area contributed by atoms with E-state index in [0.29, 0.717) is 40.8 Å². The number of carbonyl (C=O) groups is 2. The molecule has 2 amide bonds. The first-order valence-corrected chi connectivity index (χ1v) is 10.8. The monoisotopic (exact) mass is 432 g/mol. The summed E-state index contributed by atoms with van der Waals surface area (Å²) < 4.78 is 13.1. The summed E-state index contributed by atoms with van der Waals surface area (Å²) in [6.07, 6.45) is 0.612. The van der Waals surface area contributed by atoms with Crippen molar-refractivity contribution in [1.29, 1.82) is 0 Å². The van der Waals surface area contributed by atoms with Gasteiger partial charge in [-0.2, -0.15) is 0 Å². The van der Waals surface area contributed by atoms with Crippen LogP contribution in [-0.4, -0.2) is 44.2 Å². The number of halogens is 1. The highest BCUT2D eigenvalue weighted by Gasteiger charge is 2.32. The number of imide groups is 1. The quantitative estimate of drug-likeness (QED) is 0.275. The summed E-state index contributed by atoms with van der Waals surface area (Å²) in [6.45, 7) is 0.324. The number of aromatic amines is 1. The fourth-order valence-corrected chi connectivity index (χ4v) is 4.44. The van der Waals surface area contributed by atoms with Crippen LogP contribution in [0.2, 0.25) is 0 Å². The van der Waals surface area contributed by atoms with Crippen molar-refractivity contribution >= 4 is 34.3 Å². The van der Waals surface area contributed by atoms with Crippen molar-refractivity contribution in [1.82, 2.24) is 20.1 Å². The maximum absolute atomic E-state index is 13.1. The van der Waals surface area contributed by atoms with Gasteiger partial charge >= 0.3 is 0 Å². The second-order valence-electron chi connectivity index (χ2n) is 7.15. The zero-order valence-corrected chi connectivity index (χ0v) is 17.2. The number of rotatable bonds is 6. The Morgan fingerprint density at radius 1 is 0.935 bits per heavy atom. The van der Waals surface area contributed by atoms with Gasteiger partial charge in [0.1, 0.15) is 5.82 Å². The molecule has 8 heteroatoms. The normalized spacial score (nSPS) is 13.3. The SMILES string of the molecule is O=C1c2cccc3cccc(c23)C(=O)N1CCCSc1n[nH]c(-c2ccc(F)cc2)n1. The molecule has 5 rings (SSSR count). The van der Waals surface area contributed by atoms with Gasteiger partial charge in [-0.15, -0.1) is 5.10 Å². The lowest BCUT2D eigenvalue weighted by Gasteiger charge is -2.27. The van der Waals surface area contributed by atoms with Gasteiger partial charge in [-0.1, -0.05) is 36.0 Å². The van der Waals surface area contributed by atoms with Gasteiger partial charge in [0.25, 0.3) is 11.8 Å². The summed E-state index contributed by atoms with van der Waals surface area (Å²) >= 11 is 1.43. The molecule has 0 aliphatic carbocycles. The van der Waals surface area contributed by atoms with E-state index in [1.165, 1.54) is 28.8 Å². The predicted octanol–water partition coefficient (Wildman–Crippen LogP) is 4.54. The van der Waals surface area contributed by atoms with Crippen molar-refractivity contribution in [2.45, 2.75) is 11.6 Å². The summed E-state index contributed by atoms with van der Waals surface area (Å²) in [5, 5.41) is 9.21. The number of carbonyl (C=O) groups excluding carboxylic acids is 2. The average molecular weight is 432 g/mol. The first-order chi connectivity index (χ1) is 15.1. The van der Waals surface area contributed by atoms with Crippen LogP contribution in [0.15, 0.2) is 65.8 Å². The van der Waals surface area contributed by atoms with Crippen LogP contribution >= 0.6 is 11.8 Å². The van der Waals surface area contributed by atoms with Gasteiger partial charge in [0, 0.05) is 34.4 Å². The Morgan fingerprint density at radius 2 is 1.61 bits per heavy atom. The van der Waals surface area contributed by atoms with Gasteiger partial charge in [0.2, 0.25) is 5.16 Å². The molecule has 0 radical (unpaired) electrons. The standard InChI is InChI=1S/C23H17FN4O2S/c24-16-10-8-15(9-11-16)20-25-23(27-26-20)31-13-3-12-28-21(29)17-6-1-4-14-5-2-7-18(19(14)17)22(28)30/h1-2,4-11H,3,12-13H2,(H,25,26,27). The van der Waals surface area contributed by atoms with Crippen LogP contribution < -0.4 is 0 Å². The molecule has 0 unspecified atom stereocenters. The number of nitrogens with zero attached hydrogens (tertiary/aromatic N) is 3. The summed E-state index contributed by atoms with van der Waals surface area (Å²) in [5.74, 6) is 0.391. The van der Waals surface area contributed by atoms with Gasteiger partial charge in [-0.05, 0) is 48.2 Å². The van der Waals surface area contributed by atoms with Crippen molar-refractivity contribution < 1.29 is 14.0 Å². The van der Waals surface area contributed by atoms with Crippen LogP contribution in [0.1, 0.15) is 27.1 Å². The highest BCUT2D eigenvalue weighted by atomic mass is 32.2. The molecule has 0 fully saturated rings. The first kappa shape index (κ1) is 19.4. The van der Waals surface area contributed by atoms with E-state index in [4.69, 9.17) is 0 Å². The van der Waals surface area contributed by atoms with Crippen molar-refractivity contribution in [2.75, 3.05) is 12.3 Å². The molecule has 31 heavy (non-hydrogen) atoms. The molecule has 1 aliphatic rings. The first-order valence-electron chi connectivity index (χ1n) is 9.81. The van der Waals surface area contributed by atoms with E-state index in [9.17, 15) is 14.0 Å². The van der Waals surface area contributed by atoms with E-state index in [-0.39, 0.29) is 17.6 Å². The fourth-order valence-electron chi connectivity index (χ4n) is 3.72. The van der Waals surface area contributed by atoms with Crippen molar-refractivity contribution in [3.63, 3.8) is 0 Å². The molecular weight excluding hydrogens is 415 g/mol. The minimum absolute atomic E-state index is 0.254. The zero-order chi connectivity index (χ0) is 21.4. The second kappa shape index (κ2) is 7.96. The Bertz CT molecular complexity index is 1250. The van der Waals surface area contributed by atoms with Crippen LogP contribution in [0.25, 0.3) is 22.2 Å². The third-order valence-corrected chi connectivity index (χ3v) is 6.13. The van der Waals surface area contributed by atoms with Crippen molar-refractivity contribution in [2.24, 2.45) is 0 Å². The molecule has 3 aromatic carbocycles. The van der Waals surface area contributed by atoms with Gasteiger partial charge < -0.3 is 0 Å². The van der Waals surface area contributed by atoms with Crippen LogP contribution in [-0.2, 0) is 0 Å². The number of amides is 2. The molecule has 0 saturated carbocycles. The molecule has 1 N–H and O–H groups in total. The number of hydrogen-bond donors (Lipinski definition) is 1. The maximum Gasteiger partial charge on any atom is 0.261 e. The number of H-pyrrole nitrogens is 1. The Hall–Kier alpha value is -3.52. The van der Waals surface area contributed by atoms with Crippen LogP contribution in [0.4, 0.5) is 4.39 Å². The van der Waals surface area contributed by atoms with E-state index >= 15 is 0 Å². The molecule has 0 saturated heterocycles. The topological polar surface area (TPSA) is 79.0 Å². The molecule has 1 aromatic heterocycles. The number of aromatic nitrogens is 3. The van der Waals surface area contributed by atoms with E-state index in [2.05, 4.69) is 15.2 Å². The highest BCUT2D eigenvalue weighted by molar-refractivity contribution is 7.99. The largest absolute Gasteiger partial charge is 0.274 e. The van der Waals surface area contributed by atoms with Gasteiger partial charge in [-0.3, -0.25) is 19.6 Å². The van der Waals surface area contributed by atoms with E-state index < -0.39 is 0 Å². The lowest BCUT2D eigenvalue weighted by atomic mass is 9.94. The van der Waals surface area contributed by atoms with Crippen LogP contribution in [0.5, 0.6) is 0 Å². The lowest BCUT2D eigenvalue weighted by Crippen LogP contribution is -2.41. The molecule has 4 aromatic rings. The third-order valence-electron chi connectivity index (χ3n) is 5.20. The molecule has 154 valence electrons. The number of nitrogens with one attached hydrogen (secondary N) is 1. The summed E-state index contributed by atoms with van der Waals surface area (Å²) in [6, 6.07) is 17.0. The minimum Gasteiger partial charge on any atom is -0.274 e. The third kappa shape index (κ3) is 3.59. The number of thioether (sulfide) groups is 1. The Balaban J connectivity index is 1.23. The number of hydrogen-bond acceptors (Lipinski definition) is 5. The Labute approximate surface area is 181 Å². The van der Waals surface area contributed by atoms with Crippen LogP contribution in [0.3, 0.4) is 0 Å². The predicted molar refractivity (Wildman–Crippen MR) is 116 cm³/mol. The van der Waals surface area contributed by atoms with E-state index in [1.54, 1.807) is 24.3 Å². The molecule has 0 atom stereocenters. The van der Waals surface area contributed by atoms with Crippen molar-refractivity contribution in [3.05, 3.63) is 77.6 Å². The molecule has 2 heterocycles. The Morgan fingerprint density at radius 3 is 2.29 bits per heavy atom. The lowest BCUT2D eigenvalue weighted by molar-refractivity contribution is 0.0611. The zero-order valence-electron chi connectivity index (χ0n) is 16.3. The smallest absolute Gasteiger partial charge is 0.261 e. The fraction of sp³-hybridized carbons (Fsp3) is 0.130. The second-order valence-corrected chi connectivity index (χ2v) is 8.21.